The molecule has 0 radical (unpaired) electrons. The molecule has 3 heterocycles. The van der Waals surface area contributed by atoms with Crippen LogP contribution in [-0.2, 0) is 18.4 Å². The third kappa shape index (κ3) is 5.67. The second-order valence-electron chi connectivity index (χ2n) is 7.96. The van der Waals surface area contributed by atoms with Crippen molar-refractivity contribution in [1.82, 2.24) is 19.5 Å². The van der Waals surface area contributed by atoms with Gasteiger partial charge in [-0.15, -0.1) is 0 Å². The lowest BCUT2D eigenvalue weighted by Gasteiger charge is -2.18. The van der Waals surface area contributed by atoms with Crippen molar-refractivity contribution in [3.05, 3.63) is 11.6 Å². The van der Waals surface area contributed by atoms with Gasteiger partial charge in [0.25, 0.3) is 0 Å². The van der Waals surface area contributed by atoms with E-state index >= 15 is 0 Å². The maximum Gasteiger partial charge on any atom is 0.340 e. The van der Waals surface area contributed by atoms with E-state index in [0.717, 1.165) is 25.7 Å². The van der Waals surface area contributed by atoms with Gasteiger partial charge in [0.1, 0.15) is 12.3 Å². The third-order valence-corrected chi connectivity index (χ3v) is 9.03. The van der Waals surface area contributed by atoms with Crippen LogP contribution in [0.2, 0.25) is 5.28 Å². The maximum atomic E-state index is 11.8. The Morgan fingerprint density at radius 1 is 1.25 bits per heavy atom. The van der Waals surface area contributed by atoms with Gasteiger partial charge >= 0.3 is 15.2 Å². The molecule has 16 heteroatoms. The molecule has 4 rings (SSSR count). The molecule has 5 N–H and O–H groups in total. The van der Waals surface area contributed by atoms with Crippen molar-refractivity contribution in [1.29, 1.82) is 0 Å². The largest absolute Gasteiger partial charge is 0.390 e. The summed E-state index contributed by atoms with van der Waals surface area (Å²) in [6.45, 7) is -0.525. The average Bonchev–Trinajstić information content (AvgIpc) is 3.38. The van der Waals surface area contributed by atoms with E-state index in [1.165, 1.54) is 6.33 Å². The Morgan fingerprint density at radius 3 is 2.66 bits per heavy atom. The van der Waals surface area contributed by atoms with Crippen LogP contribution in [0.25, 0.3) is 11.2 Å². The molecule has 1 aliphatic heterocycles. The van der Waals surface area contributed by atoms with Crippen LogP contribution >= 0.6 is 26.8 Å². The number of rotatable bonds is 8. The van der Waals surface area contributed by atoms with Gasteiger partial charge < -0.3 is 34.4 Å². The van der Waals surface area contributed by atoms with Gasteiger partial charge in [-0.3, -0.25) is 13.7 Å². The topological polar surface area (TPSA) is 189 Å². The average molecular weight is 512 g/mol. The minimum absolute atomic E-state index is 0.0248. The first-order valence-electron chi connectivity index (χ1n) is 10.0. The van der Waals surface area contributed by atoms with Crippen molar-refractivity contribution >= 4 is 43.8 Å². The second-order valence-corrected chi connectivity index (χ2v) is 12.3. The van der Waals surface area contributed by atoms with Crippen LogP contribution in [-0.4, -0.2) is 70.1 Å². The highest BCUT2D eigenvalue weighted by Crippen LogP contribution is 2.55. The highest BCUT2D eigenvalue weighted by molar-refractivity contribution is 7.70. The lowest BCUT2D eigenvalue weighted by Crippen LogP contribution is -2.26. The van der Waals surface area contributed by atoms with Gasteiger partial charge in [-0.05, 0) is 24.4 Å². The predicted octanol–water partition coefficient (Wildman–Crippen LogP) is 1.82. The minimum Gasteiger partial charge on any atom is -0.390 e. The van der Waals surface area contributed by atoms with Crippen molar-refractivity contribution in [3.63, 3.8) is 0 Å². The number of aliphatic hydroxyl groups is 1. The fourth-order valence-electron chi connectivity index (χ4n) is 3.96. The highest BCUT2D eigenvalue weighted by Gasteiger charge is 2.39. The number of aliphatic hydroxyl groups excluding tert-OH is 1. The van der Waals surface area contributed by atoms with E-state index in [0.29, 0.717) is 17.0 Å². The van der Waals surface area contributed by atoms with Crippen LogP contribution in [0.5, 0.6) is 0 Å². The summed E-state index contributed by atoms with van der Waals surface area (Å²) in [6, 6.07) is 0.280. The summed E-state index contributed by atoms with van der Waals surface area (Å²) in [6.07, 6.45) is 3.17. The number of anilines is 1. The first-order chi connectivity index (χ1) is 15.0. The van der Waals surface area contributed by atoms with E-state index in [9.17, 15) is 19.1 Å². The van der Waals surface area contributed by atoms with Gasteiger partial charge in [-0.1, -0.05) is 12.8 Å². The van der Waals surface area contributed by atoms with Gasteiger partial charge in [-0.2, -0.15) is 9.97 Å². The van der Waals surface area contributed by atoms with Crippen LogP contribution in [0, 0.1) is 0 Å². The molecule has 2 aliphatic rings. The Kier molecular flexibility index (Phi) is 6.94. The fourth-order valence-corrected chi connectivity index (χ4v) is 6.70. The second kappa shape index (κ2) is 9.25. The summed E-state index contributed by atoms with van der Waals surface area (Å²) in [7, 11) is -9.31. The number of imidazole rings is 1. The van der Waals surface area contributed by atoms with Gasteiger partial charge in [0.15, 0.2) is 22.9 Å². The molecule has 13 nitrogen and oxygen atoms in total. The SMILES string of the molecule is O=P(O)(O)CP(=O)(O)OC[C@H]1O[C@@H](n2cnc3c(NC4CCCC4)nc(Cl)nc32)C[C@@H]1O. The Morgan fingerprint density at radius 2 is 1.97 bits per heavy atom. The van der Waals surface area contributed by atoms with Crippen molar-refractivity contribution in [2.45, 2.75) is 56.6 Å². The maximum absolute atomic E-state index is 11.8. The van der Waals surface area contributed by atoms with E-state index in [4.69, 9.17) is 30.6 Å². The van der Waals surface area contributed by atoms with Crippen molar-refractivity contribution in [2.24, 2.45) is 0 Å². The molecule has 2 fully saturated rings. The van der Waals surface area contributed by atoms with E-state index < -0.39 is 46.1 Å². The first kappa shape index (κ1) is 24.0. The molecule has 1 saturated carbocycles. The molecule has 0 bridgehead atoms. The third-order valence-electron chi connectivity index (χ3n) is 5.41. The molecule has 32 heavy (non-hydrogen) atoms. The molecular formula is C16H24ClN5O8P2. The molecule has 0 spiro atoms. The predicted molar refractivity (Wildman–Crippen MR) is 113 cm³/mol. The molecule has 1 unspecified atom stereocenters. The van der Waals surface area contributed by atoms with Crippen LogP contribution in [0.15, 0.2) is 6.33 Å². The van der Waals surface area contributed by atoms with Crippen LogP contribution in [0.1, 0.15) is 38.3 Å². The van der Waals surface area contributed by atoms with Gasteiger partial charge in [0.2, 0.25) is 5.28 Å². The molecule has 1 aliphatic carbocycles. The Balaban J connectivity index is 1.48. The van der Waals surface area contributed by atoms with E-state index in [1.54, 1.807) is 4.57 Å². The fraction of sp³-hybridized carbons (Fsp3) is 0.688. The molecule has 2 aromatic rings. The number of aromatic nitrogens is 4. The van der Waals surface area contributed by atoms with Gasteiger partial charge in [0.05, 0.1) is 19.0 Å². The molecular weight excluding hydrogens is 488 g/mol. The zero-order chi connectivity index (χ0) is 23.1. The number of hydrogen-bond acceptors (Lipinski definition) is 9. The van der Waals surface area contributed by atoms with Gasteiger partial charge in [-0.25, -0.2) is 4.98 Å². The molecule has 4 atom stereocenters. The summed E-state index contributed by atoms with van der Waals surface area (Å²) in [5, 5.41) is 13.7. The Bertz CT molecular complexity index is 1070. The lowest BCUT2D eigenvalue weighted by atomic mass is 10.2. The smallest absolute Gasteiger partial charge is 0.340 e. The van der Waals surface area contributed by atoms with Crippen LogP contribution in [0.4, 0.5) is 5.82 Å². The number of fused-ring (bicyclic) bond motifs is 1. The first-order valence-corrected chi connectivity index (χ1v) is 14.0. The number of nitrogens with zero attached hydrogens (tertiary/aromatic N) is 4. The number of hydrogen-bond donors (Lipinski definition) is 5. The molecule has 0 aromatic carbocycles. The highest BCUT2D eigenvalue weighted by atomic mass is 35.5. The van der Waals surface area contributed by atoms with Crippen LogP contribution in [0.3, 0.4) is 0 Å². The minimum atomic E-state index is -4.75. The normalized spacial score (nSPS) is 26.6. The molecule has 0 amide bonds. The van der Waals surface area contributed by atoms with E-state index in [-0.39, 0.29) is 17.7 Å². The molecule has 2 aromatic heterocycles. The summed E-state index contributed by atoms with van der Waals surface area (Å²) in [5.41, 5.74) is 0.902. The number of ether oxygens (including phenoxy) is 1. The zero-order valence-electron chi connectivity index (χ0n) is 16.8. The van der Waals surface area contributed by atoms with Crippen molar-refractivity contribution in [3.8, 4) is 0 Å². The number of nitrogens with one attached hydrogen (secondary N) is 1. The summed E-state index contributed by atoms with van der Waals surface area (Å²) in [4.78, 5) is 40.2. The van der Waals surface area contributed by atoms with Crippen LogP contribution < -0.4 is 5.32 Å². The standard InChI is InChI=1S/C16H24ClN5O8P2/c17-16-20-14(19-9-3-1-2-4-9)13-15(21-16)22(7-18-13)12-5-10(23)11(30-12)6-29-32(27,28)8-31(24,25)26/h7,9-12,23H,1-6,8H2,(H,27,28)(H,19,20,21)(H2,24,25,26)/t10-,11+,12+/m0/s1. The summed E-state index contributed by atoms with van der Waals surface area (Å²) < 4.78 is 34.9. The summed E-state index contributed by atoms with van der Waals surface area (Å²) >= 11 is 6.12. The van der Waals surface area contributed by atoms with Crippen molar-refractivity contribution < 1.29 is 38.2 Å². The number of halogens is 1. The van der Waals surface area contributed by atoms with E-state index in [2.05, 4.69) is 20.3 Å². The Labute approximate surface area is 187 Å². The molecule has 178 valence electrons. The lowest BCUT2D eigenvalue weighted by molar-refractivity contribution is -0.0395. The quantitative estimate of drug-likeness (QED) is 0.256. The van der Waals surface area contributed by atoms with Gasteiger partial charge in [0, 0.05) is 12.5 Å². The molecule has 1 saturated heterocycles. The van der Waals surface area contributed by atoms with E-state index in [1.807, 2.05) is 0 Å². The Hall–Kier alpha value is -1.14. The summed E-state index contributed by atoms with van der Waals surface area (Å²) in [5.74, 6) is -0.798. The van der Waals surface area contributed by atoms with Crippen molar-refractivity contribution in [2.75, 3.05) is 17.8 Å². The monoisotopic (exact) mass is 511 g/mol. The zero-order valence-corrected chi connectivity index (χ0v) is 19.4.